The molecule has 0 unspecified atom stereocenters. The average molecular weight is 306 g/mol. The minimum absolute atomic E-state index is 0.0654. The van der Waals surface area contributed by atoms with Crippen molar-refractivity contribution in [3.05, 3.63) is 27.5 Å². The predicted octanol–water partition coefficient (Wildman–Crippen LogP) is 2.79. The lowest BCUT2D eigenvalue weighted by Gasteiger charge is -1.97. The molecule has 0 saturated carbocycles. The maximum absolute atomic E-state index is 10.8. The normalized spacial score (nSPS) is 10.7. The van der Waals surface area contributed by atoms with Crippen molar-refractivity contribution in [3.63, 3.8) is 0 Å². The number of rotatable bonds is 2. The first-order chi connectivity index (χ1) is 7.50. The summed E-state index contributed by atoms with van der Waals surface area (Å²) in [5, 5.41) is 12.9. The summed E-state index contributed by atoms with van der Waals surface area (Å²) in [6, 6.07) is 1.45. The fraction of sp³-hybridized carbons (Fsp3) is 0.111. The molecule has 0 aliphatic rings. The number of furan rings is 1. The molecule has 0 aliphatic carbocycles. The molecule has 0 fully saturated rings. The van der Waals surface area contributed by atoms with Gasteiger partial charge in [-0.3, -0.25) is 4.68 Å². The van der Waals surface area contributed by atoms with Crippen molar-refractivity contribution in [1.29, 1.82) is 0 Å². The van der Waals surface area contributed by atoms with Crippen LogP contribution < -0.4 is 0 Å². The van der Waals surface area contributed by atoms with Gasteiger partial charge in [0.2, 0.25) is 5.76 Å². The van der Waals surface area contributed by atoms with Gasteiger partial charge in [0.1, 0.15) is 5.69 Å². The number of carboxylic acid groups (broad SMARTS) is 1. The Kier molecular flexibility index (Phi) is 2.77. The quantitative estimate of drug-likeness (QED) is 0.926. The Balaban J connectivity index is 2.58. The molecule has 2 heterocycles. The smallest absolute Gasteiger partial charge is 0.373 e. The molecule has 0 aromatic carbocycles. The first-order valence-electron chi connectivity index (χ1n) is 4.21. The molecule has 0 aliphatic heterocycles. The molecular weight excluding hydrogens is 299 g/mol. The molecule has 0 radical (unpaired) electrons. The van der Waals surface area contributed by atoms with Crippen molar-refractivity contribution in [2.24, 2.45) is 7.05 Å². The molecule has 0 atom stereocenters. The van der Waals surface area contributed by atoms with Gasteiger partial charge in [-0.15, -0.1) is 0 Å². The second kappa shape index (κ2) is 3.95. The van der Waals surface area contributed by atoms with E-state index in [0.717, 1.165) is 0 Å². The van der Waals surface area contributed by atoms with E-state index in [0.29, 0.717) is 15.9 Å². The number of aromatic nitrogens is 2. The van der Waals surface area contributed by atoms with Crippen molar-refractivity contribution in [1.82, 2.24) is 9.78 Å². The van der Waals surface area contributed by atoms with Gasteiger partial charge < -0.3 is 9.52 Å². The fourth-order valence-corrected chi connectivity index (χ4v) is 2.08. The van der Waals surface area contributed by atoms with Crippen LogP contribution in [0.2, 0.25) is 5.02 Å². The van der Waals surface area contributed by atoms with E-state index >= 15 is 0 Å². The summed E-state index contributed by atoms with van der Waals surface area (Å²) < 4.78 is 7.43. The fourth-order valence-electron chi connectivity index (χ4n) is 1.32. The monoisotopic (exact) mass is 304 g/mol. The minimum atomic E-state index is -1.20. The number of halogens is 2. The molecule has 0 bridgehead atoms. The third kappa shape index (κ3) is 1.74. The van der Waals surface area contributed by atoms with Crippen LogP contribution in [0.4, 0.5) is 0 Å². The van der Waals surface area contributed by atoms with Gasteiger partial charge in [-0.05, 0) is 15.9 Å². The van der Waals surface area contributed by atoms with Crippen molar-refractivity contribution in [2.45, 2.75) is 0 Å². The van der Waals surface area contributed by atoms with E-state index in [9.17, 15) is 4.79 Å². The molecule has 1 N–H and O–H groups in total. The molecule has 0 amide bonds. The highest BCUT2D eigenvalue weighted by molar-refractivity contribution is 9.10. The predicted molar refractivity (Wildman–Crippen MR) is 60.6 cm³/mol. The number of hydrogen-bond acceptors (Lipinski definition) is 3. The van der Waals surface area contributed by atoms with E-state index < -0.39 is 5.97 Å². The summed E-state index contributed by atoms with van der Waals surface area (Å²) in [5.74, 6) is -1.12. The van der Waals surface area contributed by atoms with Crippen molar-refractivity contribution >= 4 is 33.5 Å². The maximum Gasteiger partial charge on any atom is 0.373 e. The van der Waals surface area contributed by atoms with Crippen LogP contribution in [0, 0.1) is 0 Å². The molecule has 0 saturated heterocycles. The Morgan fingerprint density at radius 2 is 2.38 bits per heavy atom. The number of hydrogen-bond donors (Lipinski definition) is 1. The highest BCUT2D eigenvalue weighted by Gasteiger charge is 2.20. The Bertz CT molecular complexity index is 542. The summed E-state index contributed by atoms with van der Waals surface area (Å²) in [5.41, 5.74) is 0.634. The van der Waals surface area contributed by atoms with Gasteiger partial charge in [0.05, 0.1) is 15.7 Å². The third-order valence-electron chi connectivity index (χ3n) is 2.01. The second-order valence-corrected chi connectivity index (χ2v) is 4.32. The zero-order chi connectivity index (χ0) is 11.9. The van der Waals surface area contributed by atoms with E-state index in [4.69, 9.17) is 21.1 Å². The average Bonchev–Trinajstić information content (AvgIpc) is 2.70. The molecule has 16 heavy (non-hydrogen) atoms. The largest absolute Gasteiger partial charge is 0.475 e. The van der Waals surface area contributed by atoms with E-state index in [-0.39, 0.29) is 10.8 Å². The van der Waals surface area contributed by atoms with Gasteiger partial charge in [0.15, 0.2) is 5.76 Å². The second-order valence-electron chi connectivity index (χ2n) is 3.06. The number of carboxylic acids is 1. The van der Waals surface area contributed by atoms with Gasteiger partial charge in [-0.25, -0.2) is 4.79 Å². The van der Waals surface area contributed by atoms with Crippen LogP contribution in [0.5, 0.6) is 0 Å². The molecule has 84 valence electrons. The van der Waals surface area contributed by atoms with Crippen molar-refractivity contribution < 1.29 is 14.3 Å². The number of nitrogens with zero attached hydrogens (tertiary/aromatic N) is 2. The van der Waals surface area contributed by atoms with Crippen LogP contribution in [0.1, 0.15) is 10.6 Å². The lowest BCUT2D eigenvalue weighted by molar-refractivity contribution is 0.0663. The summed E-state index contributed by atoms with van der Waals surface area (Å²) in [4.78, 5) is 10.8. The molecule has 2 aromatic rings. The zero-order valence-electron chi connectivity index (χ0n) is 8.07. The summed E-state index contributed by atoms with van der Waals surface area (Å²) in [6.45, 7) is 0. The number of aromatic carboxylic acids is 1. The Labute approximate surface area is 104 Å². The SMILES string of the molecule is Cn1ncc(Br)c1-c1cc(Cl)c(C(=O)O)o1. The Morgan fingerprint density at radius 1 is 1.69 bits per heavy atom. The highest BCUT2D eigenvalue weighted by atomic mass is 79.9. The first kappa shape index (κ1) is 11.2. The highest BCUT2D eigenvalue weighted by Crippen LogP contribution is 2.32. The van der Waals surface area contributed by atoms with Gasteiger partial charge in [-0.1, -0.05) is 11.6 Å². The van der Waals surface area contributed by atoms with Gasteiger partial charge in [-0.2, -0.15) is 5.10 Å². The minimum Gasteiger partial charge on any atom is -0.475 e. The van der Waals surface area contributed by atoms with Crippen LogP contribution >= 0.6 is 27.5 Å². The molecular formula is C9H6BrClN2O3. The van der Waals surface area contributed by atoms with Crippen LogP contribution in [0.3, 0.4) is 0 Å². The lowest BCUT2D eigenvalue weighted by atomic mass is 10.3. The van der Waals surface area contributed by atoms with E-state index in [1.54, 1.807) is 17.9 Å². The Morgan fingerprint density at radius 3 is 2.81 bits per heavy atom. The van der Waals surface area contributed by atoms with Crippen LogP contribution in [-0.4, -0.2) is 20.9 Å². The summed E-state index contributed by atoms with van der Waals surface area (Å²) in [6.07, 6.45) is 1.59. The van der Waals surface area contributed by atoms with Gasteiger partial charge in [0, 0.05) is 13.1 Å². The molecule has 2 rings (SSSR count). The summed E-state index contributed by atoms with van der Waals surface area (Å²) >= 11 is 9.03. The Hall–Kier alpha value is -1.27. The van der Waals surface area contributed by atoms with Crippen LogP contribution in [0.25, 0.3) is 11.5 Å². The van der Waals surface area contributed by atoms with Crippen molar-refractivity contribution in [2.75, 3.05) is 0 Å². The van der Waals surface area contributed by atoms with Crippen LogP contribution in [0.15, 0.2) is 21.2 Å². The van der Waals surface area contributed by atoms with Crippen molar-refractivity contribution in [3.8, 4) is 11.5 Å². The van der Waals surface area contributed by atoms with Crippen LogP contribution in [-0.2, 0) is 7.05 Å². The van der Waals surface area contributed by atoms with Gasteiger partial charge in [0.25, 0.3) is 0 Å². The molecule has 2 aromatic heterocycles. The van der Waals surface area contributed by atoms with E-state index in [1.807, 2.05) is 0 Å². The zero-order valence-corrected chi connectivity index (χ0v) is 10.4. The number of aryl methyl sites for hydroxylation is 1. The van der Waals surface area contributed by atoms with Gasteiger partial charge >= 0.3 is 5.97 Å². The standard InChI is InChI=1S/C9H6BrClN2O3/c1-13-7(4(10)3-12-13)6-2-5(11)8(16-6)9(14)15/h2-3H,1H3,(H,14,15). The van der Waals surface area contributed by atoms with E-state index in [2.05, 4.69) is 21.0 Å². The maximum atomic E-state index is 10.8. The third-order valence-corrected chi connectivity index (χ3v) is 2.87. The molecule has 0 spiro atoms. The topological polar surface area (TPSA) is 68.3 Å². The molecule has 5 nitrogen and oxygen atoms in total. The van der Waals surface area contributed by atoms with E-state index in [1.165, 1.54) is 6.07 Å². The molecule has 7 heteroatoms. The summed E-state index contributed by atoms with van der Waals surface area (Å²) in [7, 11) is 1.72. The first-order valence-corrected chi connectivity index (χ1v) is 5.38. The number of carbonyl (C=O) groups is 1. The lowest BCUT2D eigenvalue weighted by Crippen LogP contribution is -1.94.